The summed E-state index contributed by atoms with van der Waals surface area (Å²) in [6.45, 7) is 13.7. The standard InChI is InChI=1S/C29H49N3O4S/c1-9-10-11-12-15-19-32(25(26(33)30-21(2)3)23-17-14-13-16-22(23)4)27(34)24(18-20-37-8)31-28(35)36-29(5,6)7/h13-14,16-17,21,24-25H,9-12,15,18-20H2,1-8H3,(H,30,33)(H,31,35). The first-order chi connectivity index (χ1) is 17.4. The van der Waals surface area contributed by atoms with Gasteiger partial charge in [-0.2, -0.15) is 11.8 Å². The fourth-order valence-electron chi connectivity index (χ4n) is 4.10. The van der Waals surface area contributed by atoms with E-state index in [-0.39, 0.29) is 17.9 Å². The fraction of sp³-hybridized carbons (Fsp3) is 0.690. The lowest BCUT2D eigenvalue weighted by atomic mass is 9.97. The molecule has 2 unspecified atom stereocenters. The molecular formula is C29H49N3O4S. The number of carbonyl (C=O) groups is 3. The van der Waals surface area contributed by atoms with Gasteiger partial charge in [-0.15, -0.1) is 0 Å². The van der Waals surface area contributed by atoms with E-state index in [4.69, 9.17) is 4.74 Å². The Morgan fingerprint density at radius 3 is 2.24 bits per heavy atom. The Hall–Kier alpha value is -2.22. The quantitative estimate of drug-likeness (QED) is 0.269. The van der Waals surface area contributed by atoms with Crippen LogP contribution in [0.3, 0.4) is 0 Å². The van der Waals surface area contributed by atoms with Gasteiger partial charge in [0.25, 0.3) is 0 Å². The summed E-state index contributed by atoms with van der Waals surface area (Å²) in [5.74, 6) is 0.207. The number of carbonyl (C=O) groups excluding carboxylic acids is 3. The average molecular weight is 536 g/mol. The highest BCUT2D eigenvalue weighted by molar-refractivity contribution is 7.98. The van der Waals surface area contributed by atoms with E-state index in [1.54, 1.807) is 37.4 Å². The first-order valence-electron chi connectivity index (χ1n) is 13.6. The monoisotopic (exact) mass is 535 g/mol. The van der Waals surface area contributed by atoms with Gasteiger partial charge in [0, 0.05) is 12.6 Å². The van der Waals surface area contributed by atoms with E-state index in [1.165, 1.54) is 0 Å². The Labute approximate surface area is 228 Å². The molecule has 7 nitrogen and oxygen atoms in total. The van der Waals surface area contributed by atoms with Gasteiger partial charge in [-0.25, -0.2) is 4.79 Å². The van der Waals surface area contributed by atoms with E-state index in [0.29, 0.717) is 18.7 Å². The number of rotatable bonds is 15. The number of hydrogen-bond donors (Lipinski definition) is 2. The zero-order valence-electron chi connectivity index (χ0n) is 24.2. The third kappa shape index (κ3) is 12.2. The number of alkyl carbamates (subject to hydrolysis) is 1. The minimum absolute atomic E-state index is 0.0762. The van der Waals surface area contributed by atoms with Crippen molar-refractivity contribution in [2.45, 2.75) is 111 Å². The maximum absolute atomic E-state index is 14.2. The summed E-state index contributed by atoms with van der Waals surface area (Å²) in [5.41, 5.74) is 1.05. The van der Waals surface area contributed by atoms with Crippen LogP contribution in [-0.2, 0) is 14.3 Å². The maximum atomic E-state index is 14.2. The number of ether oxygens (including phenoxy) is 1. The molecule has 0 radical (unpaired) electrons. The zero-order chi connectivity index (χ0) is 28.0. The van der Waals surface area contributed by atoms with Gasteiger partial charge >= 0.3 is 6.09 Å². The SMILES string of the molecule is CCCCCCCN(C(=O)C(CCSC)NC(=O)OC(C)(C)C)C(C(=O)NC(C)C)c1ccccc1C. The molecule has 0 aliphatic rings. The summed E-state index contributed by atoms with van der Waals surface area (Å²) >= 11 is 1.61. The van der Waals surface area contributed by atoms with Crippen LogP contribution in [0.1, 0.15) is 97.2 Å². The molecule has 0 saturated heterocycles. The van der Waals surface area contributed by atoms with Gasteiger partial charge in [-0.05, 0) is 77.5 Å². The van der Waals surface area contributed by atoms with E-state index in [2.05, 4.69) is 17.6 Å². The van der Waals surface area contributed by atoms with Crippen molar-refractivity contribution in [2.24, 2.45) is 0 Å². The minimum atomic E-state index is -0.795. The Bertz CT molecular complexity index is 854. The summed E-state index contributed by atoms with van der Waals surface area (Å²) in [4.78, 5) is 42.1. The molecule has 37 heavy (non-hydrogen) atoms. The number of amides is 3. The van der Waals surface area contributed by atoms with Crippen molar-refractivity contribution >= 4 is 29.7 Å². The van der Waals surface area contributed by atoms with Gasteiger partial charge in [-0.1, -0.05) is 56.9 Å². The van der Waals surface area contributed by atoms with Crippen LogP contribution >= 0.6 is 11.8 Å². The second-order valence-electron chi connectivity index (χ2n) is 10.8. The lowest BCUT2D eigenvalue weighted by Gasteiger charge is -2.35. The molecule has 0 bridgehead atoms. The van der Waals surface area contributed by atoms with Crippen LogP contribution in [0.5, 0.6) is 0 Å². The topological polar surface area (TPSA) is 87.7 Å². The number of aryl methyl sites for hydroxylation is 1. The molecule has 0 aliphatic heterocycles. The lowest BCUT2D eigenvalue weighted by Crippen LogP contribution is -2.54. The third-order valence-corrected chi connectivity index (χ3v) is 6.50. The Morgan fingerprint density at radius 1 is 1.03 bits per heavy atom. The molecule has 2 atom stereocenters. The van der Waals surface area contributed by atoms with Gasteiger partial charge in [0.2, 0.25) is 11.8 Å². The molecule has 8 heteroatoms. The van der Waals surface area contributed by atoms with E-state index in [0.717, 1.165) is 43.2 Å². The van der Waals surface area contributed by atoms with Gasteiger partial charge in [0.1, 0.15) is 17.7 Å². The van der Waals surface area contributed by atoms with Crippen LogP contribution in [-0.4, -0.2) is 59.0 Å². The number of thioether (sulfide) groups is 1. The average Bonchev–Trinajstić information content (AvgIpc) is 2.79. The molecule has 210 valence electrons. The van der Waals surface area contributed by atoms with E-state index >= 15 is 0 Å². The number of benzene rings is 1. The fourth-order valence-corrected chi connectivity index (χ4v) is 4.57. The van der Waals surface area contributed by atoms with Crippen molar-refractivity contribution in [2.75, 3.05) is 18.6 Å². The summed E-state index contributed by atoms with van der Waals surface area (Å²) in [5, 5.41) is 5.82. The van der Waals surface area contributed by atoms with Gasteiger partial charge in [-0.3, -0.25) is 9.59 Å². The first kappa shape index (κ1) is 32.8. The third-order valence-electron chi connectivity index (χ3n) is 5.86. The van der Waals surface area contributed by atoms with Crippen LogP contribution in [0, 0.1) is 6.92 Å². The number of unbranched alkanes of at least 4 members (excludes halogenated alkanes) is 4. The van der Waals surface area contributed by atoms with Crippen LogP contribution in [0.4, 0.5) is 4.79 Å². The molecule has 0 fully saturated rings. The van der Waals surface area contributed by atoms with Crippen LogP contribution in [0.15, 0.2) is 24.3 Å². The Morgan fingerprint density at radius 2 is 1.68 bits per heavy atom. The van der Waals surface area contributed by atoms with Crippen molar-refractivity contribution < 1.29 is 19.1 Å². The van der Waals surface area contributed by atoms with Gasteiger partial charge in [0.05, 0.1) is 0 Å². The largest absolute Gasteiger partial charge is 0.444 e. The van der Waals surface area contributed by atoms with Crippen LogP contribution < -0.4 is 10.6 Å². The summed E-state index contributed by atoms with van der Waals surface area (Å²) in [6.07, 6.45) is 6.88. The highest BCUT2D eigenvalue weighted by Gasteiger charge is 2.36. The molecule has 0 spiro atoms. The summed E-state index contributed by atoms with van der Waals surface area (Å²) in [7, 11) is 0. The normalized spacial score (nSPS) is 13.1. The second-order valence-corrected chi connectivity index (χ2v) is 11.8. The number of nitrogens with one attached hydrogen (secondary N) is 2. The van der Waals surface area contributed by atoms with Crippen LogP contribution in [0.25, 0.3) is 0 Å². The van der Waals surface area contributed by atoms with Crippen molar-refractivity contribution in [3.8, 4) is 0 Å². The molecule has 0 aliphatic carbocycles. The van der Waals surface area contributed by atoms with Gasteiger partial charge < -0.3 is 20.3 Å². The van der Waals surface area contributed by atoms with Crippen LogP contribution in [0.2, 0.25) is 0 Å². The lowest BCUT2D eigenvalue weighted by molar-refractivity contribution is -0.142. The number of nitrogens with zero attached hydrogens (tertiary/aromatic N) is 1. The second kappa shape index (κ2) is 16.6. The zero-order valence-corrected chi connectivity index (χ0v) is 25.0. The summed E-state index contributed by atoms with van der Waals surface area (Å²) in [6, 6.07) is 6.03. The van der Waals surface area contributed by atoms with Crippen molar-refractivity contribution in [3.63, 3.8) is 0 Å². The first-order valence-corrected chi connectivity index (χ1v) is 15.0. The van der Waals surface area contributed by atoms with Gasteiger partial charge in [0.15, 0.2) is 0 Å². The molecular weight excluding hydrogens is 486 g/mol. The molecule has 1 aromatic rings. The molecule has 3 amide bonds. The Balaban J connectivity index is 3.43. The van der Waals surface area contributed by atoms with Crippen molar-refractivity contribution in [1.29, 1.82) is 0 Å². The summed E-state index contributed by atoms with van der Waals surface area (Å²) < 4.78 is 5.46. The molecule has 1 rings (SSSR count). The smallest absolute Gasteiger partial charge is 0.408 e. The number of hydrogen-bond acceptors (Lipinski definition) is 5. The molecule has 0 aromatic heterocycles. The highest BCUT2D eigenvalue weighted by atomic mass is 32.2. The molecule has 0 heterocycles. The highest BCUT2D eigenvalue weighted by Crippen LogP contribution is 2.27. The van der Waals surface area contributed by atoms with Crippen molar-refractivity contribution in [1.82, 2.24) is 15.5 Å². The minimum Gasteiger partial charge on any atom is -0.444 e. The predicted molar refractivity (Wildman–Crippen MR) is 154 cm³/mol. The molecule has 0 saturated carbocycles. The predicted octanol–water partition coefficient (Wildman–Crippen LogP) is 6.01. The van der Waals surface area contributed by atoms with E-state index in [9.17, 15) is 14.4 Å². The maximum Gasteiger partial charge on any atom is 0.408 e. The van der Waals surface area contributed by atoms with Crippen molar-refractivity contribution in [3.05, 3.63) is 35.4 Å². The van der Waals surface area contributed by atoms with E-state index < -0.39 is 23.8 Å². The van der Waals surface area contributed by atoms with E-state index in [1.807, 2.05) is 51.3 Å². The Kier molecular flexibility index (Phi) is 14.7. The molecule has 1 aromatic carbocycles. The molecule has 2 N–H and O–H groups in total.